The van der Waals surface area contributed by atoms with Crippen LogP contribution in [0.4, 0.5) is 5.69 Å². The maximum atomic E-state index is 5.85. The van der Waals surface area contributed by atoms with Crippen molar-refractivity contribution in [2.24, 2.45) is 0 Å². The highest BCUT2D eigenvalue weighted by Gasteiger charge is 2.10. The number of hydrogen-bond donors (Lipinski definition) is 0. The molecule has 1 saturated heterocycles. The Hall–Kier alpha value is -4.70. The number of benzene rings is 3. The molecule has 258 valence electrons. The fourth-order valence-electron chi connectivity index (χ4n) is 5.58. The number of ether oxygens (including phenoxy) is 5. The third-order valence-corrected chi connectivity index (χ3v) is 8.29. The van der Waals surface area contributed by atoms with E-state index in [4.69, 9.17) is 28.7 Å². The number of pyridine rings is 2. The summed E-state index contributed by atoms with van der Waals surface area (Å²) in [4.78, 5) is 11.8. The van der Waals surface area contributed by atoms with Crippen molar-refractivity contribution in [1.29, 1.82) is 0 Å². The average Bonchev–Trinajstić information content (AvgIpc) is 3.18. The van der Waals surface area contributed by atoms with Crippen molar-refractivity contribution in [3.05, 3.63) is 127 Å². The summed E-state index contributed by atoms with van der Waals surface area (Å²) >= 11 is 0. The predicted molar refractivity (Wildman–Crippen MR) is 200 cm³/mol. The molecule has 8 heteroatoms. The lowest BCUT2D eigenvalue weighted by Gasteiger charge is -2.25. The van der Waals surface area contributed by atoms with E-state index in [-0.39, 0.29) is 0 Å². The van der Waals surface area contributed by atoms with Gasteiger partial charge in [0.2, 0.25) is 0 Å². The van der Waals surface area contributed by atoms with Crippen LogP contribution in [-0.2, 0) is 23.7 Å². The van der Waals surface area contributed by atoms with Gasteiger partial charge in [-0.15, -0.1) is 0 Å². The third kappa shape index (κ3) is 10.9. The quantitative estimate of drug-likeness (QED) is 0.171. The van der Waals surface area contributed by atoms with Crippen molar-refractivity contribution >= 4 is 17.8 Å². The standard InChI is InChI=1S/C42H45N3O5/c1-2-6-37(7-3-1)41-32-38(33-42(44-41)40-8-4-5-19-43-40)36-15-11-34(12-16-36)9-10-35-13-17-39(18-14-35)45-20-22-46-24-26-48-28-30-50-31-29-49-27-25-47-23-21-45/h1-19,32-33H,20-31H2/b10-9+. The lowest BCUT2D eigenvalue weighted by atomic mass is 10.00. The topological polar surface area (TPSA) is 75.2 Å². The van der Waals surface area contributed by atoms with E-state index >= 15 is 0 Å². The summed E-state index contributed by atoms with van der Waals surface area (Å²) in [6.45, 7) is 7.19. The molecule has 1 aliphatic rings. The van der Waals surface area contributed by atoms with Crippen LogP contribution in [0.1, 0.15) is 11.1 Å². The zero-order valence-corrected chi connectivity index (χ0v) is 28.5. The molecule has 0 saturated carbocycles. The van der Waals surface area contributed by atoms with E-state index in [1.165, 1.54) is 0 Å². The monoisotopic (exact) mass is 671 g/mol. The van der Waals surface area contributed by atoms with Crippen LogP contribution in [0.25, 0.3) is 45.9 Å². The molecule has 0 radical (unpaired) electrons. The number of nitrogens with zero attached hydrogens (tertiary/aromatic N) is 3. The summed E-state index contributed by atoms with van der Waals surface area (Å²) in [5.41, 5.74) is 9.32. The van der Waals surface area contributed by atoms with E-state index in [0.717, 1.165) is 63.7 Å². The molecule has 1 aliphatic heterocycles. The molecule has 0 bridgehead atoms. The highest BCUT2D eigenvalue weighted by atomic mass is 16.6. The molecule has 3 aromatic carbocycles. The highest BCUT2D eigenvalue weighted by Crippen LogP contribution is 2.30. The number of anilines is 1. The molecule has 0 amide bonds. The first kappa shape index (κ1) is 35.1. The van der Waals surface area contributed by atoms with Crippen LogP contribution in [0.2, 0.25) is 0 Å². The van der Waals surface area contributed by atoms with Crippen LogP contribution in [0.5, 0.6) is 0 Å². The zero-order valence-electron chi connectivity index (χ0n) is 28.5. The van der Waals surface area contributed by atoms with Crippen LogP contribution < -0.4 is 4.90 Å². The summed E-state index contributed by atoms with van der Waals surface area (Å²) in [6.07, 6.45) is 6.10. The molecule has 0 atom stereocenters. The first-order chi connectivity index (χ1) is 24.8. The molecule has 50 heavy (non-hydrogen) atoms. The van der Waals surface area contributed by atoms with E-state index in [0.29, 0.717) is 66.1 Å². The minimum Gasteiger partial charge on any atom is -0.377 e. The molecule has 5 aromatic rings. The second kappa shape index (κ2) is 19.5. The van der Waals surface area contributed by atoms with Gasteiger partial charge in [0.05, 0.1) is 83.2 Å². The van der Waals surface area contributed by atoms with Crippen molar-refractivity contribution in [3.8, 4) is 33.8 Å². The van der Waals surface area contributed by atoms with Crippen LogP contribution in [0.3, 0.4) is 0 Å². The summed E-state index contributed by atoms with van der Waals surface area (Å²) in [6, 6.07) is 37.7. The molecular formula is C42H45N3O5. The Bertz CT molecular complexity index is 1660. The molecule has 1 fully saturated rings. The fraction of sp³-hybridized carbons (Fsp3) is 0.286. The highest BCUT2D eigenvalue weighted by molar-refractivity contribution is 5.77. The van der Waals surface area contributed by atoms with Crippen LogP contribution in [-0.4, -0.2) is 89.1 Å². The second-order valence-electron chi connectivity index (χ2n) is 11.8. The van der Waals surface area contributed by atoms with E-state index < -0.39 is 0 Å². The van der Waals surface area contributed by atoms with Crippen LogP contribution in [0, 0.1) is 0 Å². The Morgan fingerprint density at radius 3 is 1.52 bits per heavy atom. The third-order valence-electron chi connectivity index (χ3n) is 8.29. The van der Waals surface area contributed by atoms with Crippen molar-refractivity contribution < 1.29 is 23.7 Å². The minimum absolute atomic E-state index is 0.554. The first-order valence-electron chi connectivity index (χ1n) is 17.3. The van der Waals surface area contributed by atoms with E-state index in [9.17, 15) is 0 Å². The molecule has 0 spiro atoms. The Morgan fingerprint density at radius 2 is 0.960 bits per heavy atom. The van der Waals surface area contributed by atoms with Crippen molar-refractivity contribution in [2.45, 2.75) is 0 Å². The largest absolute Gasteiger partial charge is 0.377 e. The Morgan fingerprint density at radius 1 is 0.440 bits per heavy atom. The lowest BCUT2D eigenvalue weighted by Crippen LogP contribution is -2.31. The Balaban J connectivity index is 1.10. The summed E-state index contributed by atoms with van der Waals surface area (Å²) in [7, 11) is 0. The maximum absolute atomic E-state index is 5.85. The van der Waals surface area contributed by atoms with Gasteiger partial charge in [-0.3, -0.25) is 4.98 Å². The molecule has 8 nitrogen and oxygen atoms in total. The number of rotatable bonds is 6. The zero-order chi connectivity index (χ0) is 34.1. The SMILES string of the molecule is C(=C\c1ccc(N2CCOCCOCCOCCOCCOCC2)cc1)/c1ccc(-c2cc(-c3ccccc3)nc(-c3ccccn3)c2)cc1. The van der Waals surface area contributed by atoms with Gasteiger partial charge in [-0.2, -0.15) is 0 Å². The minimum atomic E-state index is 0.554. The maximum Gasteiger partial charge on any atom is 0.0899 e. The van der Waals surface area contributed by atoms with Gasteiger partial charge in [-0.05, 0) is 58.7 Å². The van der Waals surface area contributed by atoms with Gasteiger partial charge in [0, 0.05) is 30.5 Å². The predicted octanol–water partition coefficient (Wildman–Crippen LogP) is 7.55. The van der Waals surface area contributed by atoms with Gasteiger partial charge in [0.15, 0.2) is 0 Å². The Labute approximate surface area is 295 Å². The molecule has 0 aliphatic carbocycles. The van der Waals surface area contributed by atoms with Crippen LogP contribution >= 0.6 is 0 Å². The van der Waals surface area contributed by atoms with Crippen LogP contribution in [0.15, 0.2) is 115 Å². The first-order valence-corrected chi connectivity index (χ1v) is 17.3. The van der Waals surface area contributed by atoms with Crippen molar-refractivity contribution in [3.63, 3.8) is 0 Å². The summed E-state index contributed by atoms with van der Waals surface area (Å²) < 4.78 is 28.4. The van der Waals surface area contributed by atoms with Gasteiger partial charge in [-0.25, -0.2) is 4.98 Å². The van der Waals surface area contributed by atoms with Crippen molar-refractivity contribution in [1.82, 2.24) is 9.97 Å². The van der Waals surface area contributed by atoms with Gasteiger partial charge in [0.25, 0.3) is 0 Å². The Kier molecular flexibility index (Phi) is 13.7. The molecule has 3 heterocycles. The van der Waals surface area contributed by atoms with Gasteiger partial charge in [0.1, 0.15) is 0 Å². The normalized spacial score (nSPS) is 16.1. The summed E-state index contributed by atoms with van der Waals surface area (Å²) in [5, 5.41) is 0. The van der Waals surface area contributed by atoms with E-state index in [1.54, 1.807) is 6.20 Å². The summed E-state index contributed by atoms with van der Waals surface area (Å²) in [5.74, 6) is 0. The molecule has 6 rings (SSSR count). The van der Waals surface area contributed by atoms with Gasteiger partial charge in [-0.1, -0.05) is 84.9 Å². The lowest BCUT2D eigenvalue weighted by molar-refractivity contribution is -0.0116. The van der Waals surface area contributed by atoms with E-state index in [1.807, 2.05) is 36.4 Å². The van der Waals surface area contributed by atoms with E-state index in [2.05, 4.69) is 94.8 Å². The molecular weight excluding hydrogens is 626 g/mol. The molecule has 2 aromatic heterocycles. The average molecular weight is 672 g/mol. The second-order valence-corrected chi connectivity index (χ2v) is 11.8. The molecule has 0 unspecified atom stereocenters. The van der Waals surface area contributed by atoms with Gasteiger partial charge < -0.3 is 28.6 Å². The smallest absolute Gasteiger partial charge is 0.0899 e. The van der Waals surface area contributed by atoms with Gasteiger partial charge >= 0.3 is 0 Å². The number of aromatic nitrogens is 2. The van der Waals surface area contributed by atoms with Crippen molar-refractivity contribution in [2.75, 3.05) is 84.1 Å². The molecule has 0 N–H and O–H groups in total. The fourth-order valence-corrected chi connectivity index (χ4v) is 5.58. The number of hydrogen-bond acceptors (Lipinski definition) is 8.